The number of amides is 1. The van der Waals surface area contributed by atoms with E-state index in [2.05, 4.69) is 0 Å². The fourth-order valence-electron chi connectivity index (χ4n) is 0.830. The minimum atomic E-state index is -3.30. The Balaban J connectivity index is 4.49. The molecular formula is C6H13NO3S. The summed E-state index contributed by atoms with van der Waals surface area (Å²) >= 11 is 0. The standard InChI is InChI=1S/C6H13NO3S/c1-3-4-5(6(7)8)11(2,9)10/h5H,3-4H2,1-2H3,(H2,7,8). The van der Waals surface area contributed by atoms with Gasteiger partial charge in [0.2, 0.25) is 5.91 Å². The summed E-state index contributed by atoms with van der Waals surface area (Å²) in [5.74, 6) is -0.755. The molecule has 0 aromatic rings. The Morgan fingerprint density at radius 2 is 2.00 bits per heavy atom. The molecule has 0 aromatic heterocycles. The average molecular weight is 179 g/mol. The zero-order chi connectivity index (χ0) is 9.07. The predicted octanol–water partition coefficient (Wildman–Crippen LogP) is -0.315. The van der Waals surface area contributed by atoms with Crippen molar-refractivity contribution in [1.82, 2.24) is 0 Å². The number of sulfone groups is 1. The summed E-state index contributed by atoms with van der Waals surface area (Å²) < 4.78 is 21.7. The smallest absolute Gasteiger partial charge is 0.235 e. The molecule has 0 aliphatic carbocycles. The van der Waals surface area contributed by atoms with E-state index in [1.165, 1.54) is 0 Å². The minimum absolute atomic E-state index is 0.314. The molecule has 4 nitrogen and oxygen atoms in total. The first kappa shape index (κ1) is 10.4. The second-order valence-corrected chi connectivity index (χ2v) is 4.74. The second-order valence-electron chi connectivity index (χ2n) is 2.51. The monoisotopic (exact) mass is 179 g/mol. The van der Waals surface area contributed by atoms with Crippen LogP contribution in [0.3, 0.4) is 0 Å². The molecule has 0 saturated carbocycles. The lowest BCUT2D eigenvalue weighted by Gasteiger charge is -2.08. The lowest BCUT2D eigenvalue weighted by molar-refractivity contribution is -0.117. The Hall–Kier alpha value is -0.580. The van der Waals surface area contributed by atoms with Crippen molar-refractivity contribution < 1.29 is 13.2 Å². The van der Waals surface area contributed by atoms with Crippen LogP contribution in [0.5, 0.6) is 0 Å². The number of carbonyl (C=O) groups is 1. The lowest BCUT2D eigenvalue weighted by Crippen LogP contribution is -2.35. The molecule has 0 bridgehead atoms. The van der Waals surface area contributed by atoms with E-state index in [-0.39, 0.29) is 0 Å². The van der Waals surface area contributed by atoms with E-state index in [1.807, 2.05) is 0 Å². The highest BCUT2D eigenvalue weighted by Crippen LogP contribution is 2.05. The Labute approximate surface area is 66.7 Å². The van der Waals surface area contributed by atoms with Crippen LogP contribution in [0.4, 0.5) is 0 Å². The predicted molar refractivity (Wildman–Crippen MR) is 42.7 cm³/mol. The molecule has 11 heavy (non-hydrogen) atoms. The van der Waals surface area contributed by atoms with Crippen molar-refractivity contribution in [2.24, 2.45) is 5.73 Å². The molecule has 0 spiro atoms. The zero-order valence-corrected chi connectivity index (χ0v) is 7.52. The second kappa shape index (κ2) is 3.71. The van der Waals surface area contributed by atoms with Crippen LogP contribution < -0.4 is 5.73 Å². The molecule has 0 rings (SSSR count). The number of primary amides is 1. The molecule has 2 N–H and O–H groups in total. The summed E-state index contributed by atoms with van der Waals surface area (Å²) in [6, 6.07) is 0. The van der Waals surface area contributed by atoms with Gasteiger partial charge in [-0.3, -0.25) is 4.79 Å². The third kappa shape index (κ3) is 3.36. The topological polar surface area (TPSA) is 77.2 Å². The van der Waals surface area contributed by atoms with Crippen molar-refractivity contribution in [3.63, 3.8) is 0 Å². The largest absolute Gasteiger partial charge is 0.369 e. The minimum Gasteiger partial charge on any atom is -0.369 e. The molecule has 66 valence electrons. The quantitative estimate of drug-likeness (QED) is 0.642. The number of carbonyl (C=O) groups excluding carboxylic acids is 1. The van der Waals surface area contributed by atoms with E-state index in [4.69, 9.17) is 5.73 Å². The summed E-state index contributed by atoms with van der Waals surface area (Å²) in [5, 5.41) is -1.01. The van der Waals surface area contributed by atoms with Gasteiger partial charge >= 0.3 is 0 Å². The number of nitrogens with two attached hydrogens (primary N) is 1. The van der Waals surface area contributed by atoms with Crippen LogP contribution in [-0.2, 0) is 14.6 Å². The molecule has 0 saturated heterocycles. The molecule has 0 aromatic carbocycles. The highest BCUT2D eigenvalue weighted by Gasteiger charge is 2.24. The number of hydrogen-bond acceptors (Lipinski definition) is 3. The average Bonchev–Trinajstić information content (AvgIpc) is 1.79. The van der Waals surface area contributed by atoms with Gasteiger partial charge in [0.15, 0.2) is 9.84 Å². The third-order valence-electron chi connectivity index (χ3n) is 1.39. The van der Waals surface area contributed by atoms with Crippen molar-refractivity contribution >= 4 is 15.7 Å². The summed E-state index contributed by atoms with van der Waals surface area (Å²) in [5.41, 5.74) is 4.89. The van der Waals surface area contributed by atoms with Gasteiger partial charge in [-0.15, -0.1) is 0 Å². The van der Waals surface area contributed by atoms with Gasteiger partial charge in [-0.05, 0) is 6.42 Å². The summed E-state index contributed by atoms with van der Waals surface area (Å²) in [7, 11) is -3.30. The van der Waals surface area contributed by atoms with Gasteiger partial charge in [0.05, 0.1) is 0 Å². The Morgan fingerprint density at radius 3 is 2.09 bits per heavy atom. The molecule has 0 aliphatic rings. The first-order valence-corrected chi connectivity index (χ1v) is 5.33. The molecule has 0 aliphatic heterocycles. The van der Waals surface area contributed by atoms with E-state index in [0.717, 1.165) is 6.26 Å². The fraction of sp³-hybridized carbons (Fsp3) is 0.833. The zero-order valence-electron chi connectivity index (χ0n) is 6.70. The molecule has 5 heteroatoms. The number of hydrogen-bond donors (Lipinski definition) is 1. The Morgan fingerprint density at radius 1 is 1.55 bits per heavy atom. The molecule has 1 atom stereocenters. The Bertz CT molecular complexity index is 232. The molecule has 1 unspecified atom stereocenters. The van der Waals surface area contributed by atoms with Gasteiger partial charge < -0.3 is 5.73 Å². The van der Waals surface area contributed by atoms with E-state index >= 15 is 0 Å². The van der Waals surface area contributed by atoms with Crippen LogP contribution in [0.1, 0.15) is 19.8 Å². The fourth-order valence-corrected chi connectivity index (χ4v) is 1.92. The van der Waals surface area contributed by atoms with Crippen LogP contribution in [0.2, 0.25) is 0 Å². The van der Waals surface area contributed by atoms with Crippen LogP contribution >= 0.6 is 0 Å². The van der Waals surface area contributed by atoms with Crippen molar-refractivity contribution in [1.29, 1.82) is 0 Å². The maximum Gasteiger partial charge on any atom is 0.235 e. The van der Waals surface area contributed by atoms with E-state index in [0.29, 0.717) is 12.8 Å². The SMILES string of the molecule is CCCC(C(N)=O)S(C)(=O)=O. The number of rotatable bonds is 4. The van der Waals surface area contributed by atoms with Gasteiger partial charge in [0.25, 0.3) is 0 Å². The molecule has 0 fully saturated rings. The van der Waals surface area contributed by atoms with E-state index in [1.54, 1.807) is 6.92 Å². The molecule has 0 radical (unpaired) electrons. The van der Waals surface area contributed by atoms with Gasteiger partial charge in [-0.2, -0.15) is 0 Å². The van der Waals surface area contributed by atoms with Crippen molar-refractivity contribution in [3.8, 4) is 0 Å². The van der Waals surface area contributed by atoms with Crippen LogP contribution in [-0.4, -0.2) is 25.8 Å². The molecule has 1 amide bonds. The van der Waals surface area contributed by atoms with Gasteiger partial charge in [0, 0.05) is 6.26 Å². The highest BCUT2D eigenvalue weighted by molar-refractivity contribution is 7.92. The van der Waals surface area contributed by atoms with Crippen molar-refractivity contribution in [2.45, 2.75) is 25.0 Å². The first-order valence-electron chi connectivity index (χ1n) is 3.37. The summed E-state index contributed by atoms with van der Waals surface area (Å²) in [6.45, 7) is 1.81. The van der Waals surface area contributed by atoms with Crippen LogP contribution in [0, 0.1) is 0 Å². The first-order chi connectivity index (χ1) is 4.89. The maximum absolute atomic E-state index is 10.9. The molecular weight excluding hydrogens is 166 g/mol. The summed E-state index contributed by atoms with van der Waals surface area (Å²) in [4.78, 5) is 10.6. The van der Waals surface area contributed by atoms with Crippen LogP contribution in [0.25, 0.3) is 0 Å². The van der Waals surface area contributed by atoms with Crippen molar-refractivity contribution in [2.75, 3.05) is 6.26 Å². The maximum atomic E-state index is 10.9. The lowest BCUT2D eigenvalue weighted by atomic mass is 10.2. The van der Waals surface area contributed by atoms with Gasteiger partial charge in [0.1, 0.15) is 5.25 Å². The van der Waals surface area contributed by atoms with Crippen LogP contribution in [0.15, 0.2) is 0 Å². The highest BCUT2D eigenvalue weighted by atomic mass is 32.2. The van der Waals surface area contributed by atoms with Crippen molar-refractivity contribution in [3.05, 3.63) is 0 Å². The van der Waals surface area contributed by atoms with Gasteiger partial charge in [-0.1, -0.05) is 13.3 Å². The van der Waals surface area contributed by atoms with E-state index in [9.17, 15) is 13.2 Å². The molecule has 0 heterocycles. The van der Waals surface area contributed by atoms with E-state index < -0.39 is 21.0 Å². The third-order valence-corrected chi connectivity index (χ3v) is 2.89. The Kier molecular flexibility index (Phi) is 3.51. The summed E-state index contributed by atoms with van der Waals surface area (Å²) in [6.07, 6.45) is 1.98. The van der Waals surface area contributed by atoms with Gasteiger partial charge in [-0.25, -0.2) is 8.42 Å². The normalized spacial score (nSPS) is 14.4.